The molecule has 0 saturated carbocycles. The predicted molar refractivity (Wildman–Crippen MR) is 83.2 cm³/mol. The Balaban J connectivity index is 1.80. The van der Waals surface area contributed by atoms with Crippen LogP contribution in [0.2, 0.25) is 0 Å². The number of imidazole rings is 1. The zero-order chi connectivity index (χ0) is 15.6. The first kappa shape index (κ1) is 15.9. The first-order chi connectivity index (χ1) is 9.81. The topological polar surface area (TPSA) is 76.0 Å². The number of hydrogen-bond donors (Lipinski definition) is 2. The van der Waals surface area contributed by atoms with Gasteiger partial charge in [0, 0.05) is 24.5 Å². The van der Waals surface area contributed by atoms with Crippen LogP contribution in [0.15, 0.2) is 6.33 Å². The van der Waals surface area contributed by atoms with Gasteiger partial charge in [-0.15, -0.1) is 11.8 Å². The molecule has 2 amide bonds. The van der Waals surface area contributed by atoms with Gasteiger partial charge in [-0.25, -0.2) is 4.98 Å². The second kappa shape index (κ2) is 6.09. The van der Waals surface area contributed by atoms with Gasteiger partial charge >= 0.3 is 0 Å². The number of rotatable bonds is 4. The maximum Gasteiger partial charge on any atom is 0.243 e. The number of nitrogens with zero attached hydrogens (tertiary/aromatic N) is 2. The summed E-state index contributed by atoms with van der Waals surface area (Å²) in [5.74, 6) is 0.397. The molecule has 1 atom stereocenters. The van der Waals surface area contributed by atoms with E-state index < -0.39 is 10.8 Å². The molecule has 2 rings (SSSR count). The molecule has 1 aliphatic rings. The van der Waals surface area contributed by atoms with Gasteiger partial charge in [0.25, 0.3) is 0 Å². The Morgan fingerprint density at radius 1 is 1.57 bits per heavy atom. The first-order valence-electron chi connectivity index (χ1n) is 7.02. The molecule has 1 aromatic heterocycles. The van der Waals surface area contributed by atoms with Crippen LogP contribution in [0.4, 0.5) is 0 Å². The Hall–Kier alpha value is -1.50. The maximum atomic E-state index is 12.1. The molecule has 21 heavy (non-hydrogen) atoms. The number of amides is 2. The number of aryl methyl sites for hydroxylation is 1. The molecule has 1 unspecified atom stereocenters. The van der Waals surface area contributed by atoms with Gasteiger partial charge < -0.3 is 15.2 Å². The second-order valence-corrected chi connectivity index (χ2v) is 7.39. The van der Waals surface area contributed by atoms with Crippen LogP contribution < -0.4 is 10.6 Å². The van der Waals surface area contributed by atoms with E-state index in [1.165, 1.54) is 11.8 Å². The van der Waals surface area contributed by atoms with Crippen LogP contribution in [0.3, 0.4) is 0 Å². The van der Waals surface area contributed by atoms with E-state index in [4.69, 9.17) is 0 Å². The lowest BCUT2D eigenvalue weighted by Crippen LogP contribution is -2.57. The maximum absolute atomic E-state index is 12.1. The molecule has 2 N–H and O–H groups in total. The van der Waals surface area contributed by atoms with Gasteiger partial charge in [0.15, 0.2) is 0 Å². The van der Waals surface area contributed by atoms with E-state index in [-0.39, 0.29) is 11.8 Å². The normalized spacial score (nSPS) is 21.0. The zero-order valence-corrected chi connectivity index (χ0v) is 13.7. The summed E-state index contributed by atoms with van der Waals surface area (Å²) in [7, 11) is 0. The lowest BCUT2D eigenvalue weighted by Gasteiger charge is -2.32. The Kier molecular flexibility index (Phi) is 4.61. The number of thioether (sulfide) groups is 1. The summed E-state index contributed by atoms with van der Waals surface area (Å²) in [6.45, 7) is 8.90. The van der Waals surface area contributed by atoms with Crippen molar-refractivity contribution in [2.24, 2.45) is 0 Å². The highest BCUT2D eigenvalue weighted by atomic mass is 32.2. The van der Waals surface area contributed by atoms with Crippen molar-refractivity contribution in [3.63, 3.8) is 0 Å². The molecule has 0 aliphatic carbocycles. The standard InChI is InChI=1S/C14H22N4O2S/c1-9-10(2)18(8-16-9)6-5-15-12(19)11-7-21-14(3,4)13(20)17-11/h8,11H,5-7H2,1-4H3,(H,15,19)(H,17,20). The highest BCUT2D eigenvalue weighted by molar-refractivity contribution is 8.01. The average Bonchev–Trinajstić information content (AvgIpc) is 2.73. The molecule has 1 saturated heterocycles. The lowest BCUT2D eigenvalue weighted by atomic mass is 10.1. The monoisotopic (exact) mass is 310 g/mol. The van der Waals surface area contributed by atoms with Crippen LogP contribution in [-0.2, 0) is 16.1 Å². The van der Waals surface area contributed by atoms with Crippen molar-refractivity contribution in [2.45, 2.75) is 45.0 Å². The van der Waals surface area contributed by atoms with Gasteiger partial charge in [-0.1, -0.05) is 0 Å². The van der Waals surface area contributed by atoms with Crippen LogP contribution in [0.1, 0.15) is 25.2 Å². The van der Waals surface area contributed by atoms with Crippen LogP contribution >= 0.6 is 11.8 Å². The quantitative estimate of drug-likeness (QED) is 0.855. The molecule has 1 aliphatic heterocycles. The van der Waals surface area contributed by atoms with Gasteiger partial charge in [0.05, 0.1) is 16.8 Å². The average molecular weight is 310 g/mol. The summed E-state index contributed by atoms with van der Waals surface area (Å²) in [4.78, 5) is 28.1. The molecular weight excluding hydrogens is 288 g/mol. The van der Waals surface area contributed by atoms with Crippen LogP contribution in [0.25, 0.3) is 0 Å². The van der Waals surface area contributed by atoms with E-state index >= 15 is 0 Å². The number of carbonyl (C=O) groups excluding carboxylic acids is 2. The number of hydrogen-bond acceptors (Lipinski definition) is 4. The molecule has 0 radical (unpaired) electrons. The molecule has 6 nitrogen and oxygen atoms in total. The first-order valence-corrected chi connectivity index (χ1v) is 8.01. The second-order valence-electron chi connectivity index (χ2n) is 5.75. The summed E-state index contributed by atoms with van der Waals surface area (Å²) in [5.41, 5.74) is 2.10. The Labute approximate surface area is 129 Å². The molecule has 0 aromatic carbocycles. The summed E-state index contributed by atoms with van der Waals surface area (Å²) < 4.78 is 1.55. The van der Waals surface area contributed by atoms with E-state index in [1.807, 2.05) is 32.3 Å². The van der Waals surface area contributed by atoms with Crippen LogP contribution in [0, 0.1) is 13.8 Å². The van der Waals surface area contributed by atoms with E-state index in [0.29, 0.717) is 18.8 Å². The number of aromatic nitrogens is 2. The Morgan fingerprint density at radius 3 is 2.86 bits per heavy atom. The van der Waals surface area contributed by atoms with Gasteiger partial charge in [-0.05, 0) is 27.7 Å². The molecule has 1 fully saturated rings. The summed E-state index contributed by atoms with van der Waals surface area (Å²) in [5, 5.41) is 5.65. The molecular formula is C14H22N4O2S. The van der Waals surface area contributed by atoms with E-state index in [1.54, 1.807) is 6.33 Å². The summed E-state index contributed by atoms with van der Waals surface area (Å²) >= 11 is 1.51. The number of carbonyl (C=O) groups is 2. The van der Waals surface area contributed by atoms with E-state index in [0.717, 1.165) is 11.4 Å². The fraction of sp³-hybridized carbons (Fsp3) is 0.643. The molecule has 0 bridgehead atoms. The highest BCUT2D eigenvalue weighted by Crippen LogP contribution is 2.28. The minimum atomic E-state index is -0.456. The van der Waals surface area contributed by atoms with Crippen molar-refractivity contribution < 1.29 is 9.59 Å². The third-order valence-corrected chi connectivity index (χ3v) is 5.18. The minimum absolute atomic E-state index is 0.0834. The Morgan fingerprint density at radius 2 is 2.29 bits per heavy atom. The van der Waals surface area contributed by atoms with Crippen LogP contribution in [0.5, 0.6) is 0 Å². The lowest BCUT2D eigenvalue weighted by molar-refractivity contribution is -0.129. The third kappa shape index (κ3) is 3.58. The predicted octanol–water partition coefficient (Wildman–Crippen LogP) is 0.626. The van der Waals surface area contributed by atoms with Crippen LogP contribution in [-0.4, -0.2) is 44.5 Å². The fourth-order valence-corrected chi connectivity index (χ4v) is 3.07. The molecule has 2 heterocycles. The summed E-state index contributed by atoms with van der Waals surface area (Å²) in [6.07, 6.45) is 1.78. The third-order valence-electron chi connectivity index (χ3n) is 3.78. The van der Waals surface area contributed by atoms with Crippen molar-refractivity contribution in [3.05, 3.63) is 17.7 Å². The van der Waals surface area contributed by atoms with Gasteiger partial charge in [0.2, 0.25) is 11.8 Å². The van der Waals surface area contributed by atoms with Gasteiger partial charge in [-0.2, -0.15) is 0 Å². The van der Waals surface area contributed by atoms with Gasteiger partial charge in [0.1, 0.15) is 6.04 Å². The van der Waals surface area contributed by atoms with Crippen molar-refractivity contribution in [1.82, 2.24) is 20.2 Å². The number of nitrogens with one attached hydrogen (secondary N) is 2. The van der Waals surface area contributed by atoms with E-state index in [9.17, 15) is 9.59 Å². The smallest absolute Gasteiger partial charge is 0.243 e. The van der Waals surface area contributed by atoms with Crippen molar-refractivity contribution >= 4 is 23.6 Å². The molecule has 0 spiro atoms. The fourth-order valence-electron chi connectivity index (χ4n) is 2.06. The van der Waals surface area contributed by atoms with Crippen molar-refractivity contribution in [3.8, 4) is 0 Å². The molecule has 1 aromatic rings. The highest BCUT2D eigenvalue weighted by Gasteiger charge is 2.37. The largest absolute Gasteiger partial charge is 0.352 e. The van der Waals surface area contributed by atoms with E-state index in [2.05, 4.69) is 15.6 Å². The Bertz CT molecular complexity index is 553. The minimum Gasteiger partial charge on any atom is -0.352 e. The molecule has 116 valence electrons. The molecule has 7 heteroatoms. The summed E-state index contributed by atoms with van der Waals surface area (Å²) in [6, 6.07) is -0.443. The van der Waals surface area contributed by atoms with Crippen molar-refractivity contribution in [1.29, 1.82) is 0 Å². The zero-order valence-electron chi connectivity index (χ0n) is 12.9. The SMILES string of the molecule is Cc1ncn(CCNC(=O)C2CSC(C)(C)C(=O)N2)c1C. The van der Waals surface area contributed by atoms with Crippen molar-refractivity contribution in [2.75, 3.05) is 12.3 Å². The van der Waals surface area contributed by atoms with Gasteiger partial charge in [-0.3, -0.25) is 9.59 Å².